The Labute approximate surface area is 254 Å². The monoisotopic (exact) mass is 611 g/mol. The van der Waals surface area contributed by atoms with Crippen LogP contribution in [-0.4, -0.2) is 60.5 Å². The van der Waals surface area contributed by atoms with Gasteiger partial charge in [0.25, 0.3) is 0 Å². The Hall–Kier alpha value is -3.54. The molecule has 3 N–H and O–H groups in total. The number of benzene rings is 1. The first kappa shape index (κ1) is 37.5. The lowest BCUT2D eigenvalue weighted by Crippen LogP contribution is -2.42. The number of unbranched alkanes of at least 4 members (excludes halogenated alkanes) is 2. The van der Waals surface area contributed by atoms with Crippen LogP contribution in [-0.2, 0) is 23.7 Å². The molecule has 0 amide bonds. The highest BCUT2D eigenvalue weighted by molar-refractivity contribution is 5.75. The van der Waals surface area contributed by atoms with Crippen LogP contribution in [0.3, 0.4) is 0 Å². The Morgan fingerprint density at radius 3 is 1.74 bits per heavy atom. The normalized spacial score (nSPS) is 15.4. The summed E-state index contributed by atoms with van der Waals surface area (Å²) in [6, 6.07) is 2.73. The molecule has 1 aromatic rings. The van der Waals surface area contributed by atoms with Crippen molar-refractivity contribution in [2.45, 2.75) is 112 Å². The molecule has 0 aliphatic carbocycles. The van der Waals surface area contributed by atoms with Crippen molar-refractivity contribution in [3.63, 3.8) is 0 Å². The van der Waals surface area contributed by atoms with Gasteiger partial charge in [-0.3, -0.25) is 4.79 Å². The van der Waals surface area contributed by atoms with E-state index < -0.39 is 60.6 Å². The van der Waals surface area contributed by atoms with Crippen LogP contribution in [0.5, 0.6) is 11.5 Å². The summed E-state index contributed by atoms with van der Waals surface area (Å²) in [6.07, 6.45) is -2.13. The van der Waals surface area contributed by atoms with E-state index in [-0.39, 0.29) is 29.9 Å². The van der Waals surface area contributed by atoms with Crippen molar-refractivity contribution in [2.24, 2.45) is 23.5 Å². The molecular formula is C31H49NO11. The summed E-state index contributed by atoms with van der Waals surface area (Å²) in [7, 11) is 0. The molecule has 43 heavy (non-hydrogen) atoms. The molecule has 6 atom stereocenters. The minimum Gasteiger partial charge on any atom is -0.480 e. The summed E-state index contributed by atoms with van der Waals surface area (Å²) in [5, 5.41) is 9.81. The molecular weight excluding hydrogens is 562 g/mol. The molecule has 12 heteroatoms. The van der Waals surface area contributed by atoms with Gasteiger partial charge in [0.2, 0.25) is 0 Å². The third-order valence-corrected chi connectivity index (χ3v) is 7.41. The molecule has 0 spiro atoms. The number of carbonyl (C=O) groups excluding carboxylic acids is 3. The Morgan fingerprint density at radius 2 is 1.26 bits per heavy atom. The maximum absolute atomic E-state index is 12.6. The molecule has 0 radical (unpaired) electrons. The lowest BCUT2D eigenvalue weighted by atomic mass is 9.79. The summed E-state index contributed by atoms with van der Waals surface area (Å²) in [4.78, 5) is 49.4. The van der Waals surface area contributed by atoms with Gasteiger partial charge in [-0.25, -0.2) is 14.4 Å². The zero-order chi connectivity index (χ0) is 32.9. The van der Waals surface area contributed by atoms with Crippen LogP contribution in [0.1, 0.15) is 93.1 Å². The van der Waals surface area contributed by atoms with E-state index in [0.29, 0.717) is 12.0 Å². The minimum atomic E-state index is -1.44. The highest BCUT2D eigenvalue weighted by Gasteiger charge is 2.36. The number of carboxylic acid groups (broad SMARTS) is 1. The van der Waals surface area contributed by atoms with E-state index in [4.69, 9.17) is 34.2 Å². The third-order valence-electron chi connectivity index (χ3n) is 7.41. The van der Waals surface area contributed by atoms with Crippen LogP contribution in [0.2, 0.25) is 0 Å². The number of hydrogen-bond donors (Lipinski definition) is 2. The number of carbonyl (C=O) groups is 4. The van der Waals surface area contributed by atoms with Crippen molar-refractivity contribution in [3.8, 4) is 11.5 Å². The fraction of sp³-hybridized carbons (Fsp3) is 0.677. The second-order valence-electron chi connectivity index (χ2n) is 11.4. The van der Waals surface area contributed by atoms with Gasteiger partial charge < -0.3 is 39.3 Å². The number of ether oxygens (including phenoxy) is 6. The van der Waals surface area contributed by atoms with E-state index in [0.717, 1.165) is 12.8 Å². The van der Waals surface area contributed by atoms with E-state index in [1.165, 1.54) is 18.2 Å². The highest BCUT2D eigenvalue weighted by Crippen LogP contribution is 2.37. The molecule has 12 nitrogen and oxygen atoms in total. The van der Waals surface area contributed by atoms with Crippen molar-refractivity contribution in [2.75, 3.05) is 6.61 Å². The summed E-state index contributed by atoms with van der Waals surface area (Å²) < 4.78 is 31.9. The van der Waals surface area contributed by atoms with Crippen molar-refractivity contribution >= 4 is 24.4 Å². The quantitative estimate of drug-likeness (QED) is 0.0882. The molecule has 0 heterocycles. The van der Waals surface area contributed by atoms with Gasteiger partial charge in [-0.15, -0.1) is 0 Å². The van der Waals surface area contributed by atoms with Crippen molar-refractivity contribution < 1.29 is 52.7 Å². The van der Waals surface area contributed by atoms with Crippen molar-refractivity contribution in [1.82, 2.24) is 0 Å². The van der Waals surface area contributed by atoms with Crippen molar-refractivity contribution in [3.05, 3.63) is 23.8 Å². The van der Waals surface area contributed by atoms with Crippen LogP contribution in [0.15, 0.2) is 18.2 Å². The van der Waals surface area contributed by atoms with Crippen molar-refractivity contribution in [1.29, 1.82) is 0 Å². The number of carboxylic acids is 1. The first-order valence-corrected chi connectivity index (χ1v) is 14.8. The second-order valence-corrected chi connectivity index (χ2v) is 11.4. The predicted molar refractivity (Wildman–Crippen MR) is 158 cm³/mol. The smallest absolute Gasteiger partial charge is 0.480 e. The largest absolute Gasteiger partial charge is 0.514 e. The lowest BCUT2D eigenvalue weighted by Gasteiger charge is -2.31. The fourth-order valence-electron chi connectivity index (χ4n) is 3.78. The van der Waals surface area contributed by atoms with E-state index in [1.54, 1.807) is 27.7 Å². The van der Waals surface area contributed by atoms with Gasteiger partial charge in [0.1, 0.15) is 24.4 Å². The van der Waals surface area contributed by atoms with Gasteiger partial charge in [0.15, 0.2) is 11.5 Å². The van der Waals surface area contributed by atoms with Crippen LogP contribution < -0.4 is 15.2 Å². The third kappa shape index (κ3) is 12.7. The molecule has 5 unspecified atom stereocenters. The Morgan fingerprint density at radius 1 is 0.744 bits per heavy atom. The molecule has 0 aliphatic rings. The van der Waals surface area contributed by atoms with Gasteiger partial charge in [0.05, 0.1) is 6.61 Å². The van der Waals surface area contributed by atoms with Crippen LogP contribution in [0.25, 0.3) is 0 Å². The van der Waals surface area contributed by atoms with Crippen LogP contribution >= 0.6 is 0 Å². The summed E-state index contributed by atoms with van der Waals surface area (Å²) >= 11 is 0. The van der Waals surface area contributed by atoms with E-state index in [1.807, 2.05) is 34.6 Å². The first-order chi connectivity index (χ1) is 20.1. The maximum atomic E-state index is 12.6. The molecule has 0 aliphatic heterocycles. The lowest BCUT2D eigenvalue weighted by molar-refractivity contribution is -0.139. The maximum Gasteiger partial charge on any atom is 0.514 e. The average molecular weight is 612 g/mol. The fourth-order valence-corrected chi connectivity index (χ4v) is 3.78. The number of nitrogens with two attached hydrogens (primary N) is 1. The summed E-state index contributed by atoms with van der Waals surface area (Å²) in [5.41, 5.74) is 6.44. The minimum absolute atomic E-state index is 0.000668. The molecule has 1 rings (SSSR count). The summed E-state index contributed by atoms with van der Waals surface area (Å²) in [5.74, 6) is -3.23. The van der Waals surface area contributed by atoms with Gasteiger partial charge in [-0.2, -0.15) is 0 Å². The first-order valence-electron chi connectivity index (χ1n) is 14.8. The zero-order valence-corrected chi connectivity index (χ0v) is 26.8. The topological polar surface area (TPSA) is 170 Å². The van der Waals surface area contributed by atoms with Crippen LogP contribution in [0, 0.1) is 17.8 Å². The number of hydrogen-bond acceptors (Lipinski definition) is 11. The van der Waals surface area contributed by atoms with E-state index in [2.05, 4.69) is 0 Å². The SMILES string of the molecule is CCCCCOC(=O)OC(C)C(C)C(c1ccc(OC(=O)OC(C)C(C)C)c(OC(=O)OC(C)C(C)C)c1)[C@H](N)C(=O)O. The number of rotatable bonds is 16. The molecule has 0 saturated carbocycles. The molecule has 244 valence electrons. The van der Waals surface area contributed by atoms with Crippen LogP contribution in [0.4, 0.5) is 14.4 Å². The molecule has 0 saturated heterocycles. The summed E-state index contributed by atoms with van der Waals surface area (Å²) in [6.45, 7) is 16.4. The predicted octanol–water partition coefficient (Wildman–Crippen LogP) is 6.67. The second kappa shape index (κ2) is 18.2. The molecule has 0 bridgehead atoms. The van der Waals surface area contributed by atoms with Gasteiger partial charge in [0, 0.05) is 11.8 Å². The van der Waals surface area contributed by atoms with E-state index in [9.17, 15) is 24.3 Å². The van der Waals surface area contributed by atoms with E-state index >= 15 is 0 Å². The zero-order valence-electron chi connectivity index (χ0n) is 26.8. The average Bonchev–Trinajstić information content (AvgIpc) is 2.91. The Kier molecular flexibility index (Phi) is 15.9. The van der Waals surface area contributed by atoms with Gasteiger partial charge in [-0.1, -0.05) is 60.5 Å². The molecule has 1 aromatic carbocycles. The van der Waals surface area contributed by atoms with Gasteiger partial charge in [-0.05, 0) is 56.7 Å². The molecule has 0 fully saturated rings. The standard InChI is InChI=1S/C31H49NO11/c1-10-11-12-15-38-29(35)41-22(9)19(6)26(27(32)28(33)34)23-13-14-24(42-30(36)39-20(7)17(2)3)25(16-23)43-31(37)40-21(8)18(4)5/h13-14,16-22,26-27H,10-12,15,32H2,1-9H3,(H,33,34)/t19?,20?,21?,22?,26?,27-/m0/s1. The Balaban J connectivity index is 3.39. The molecule has 0 aromatic heterocycles. The Bertz CT molecular complexity index is 1060. The highest BCUT2D eigenvalue weighted by atomic mass is 16.8. The number of aliphatic carboxylic acids is 1. The van der Waals surface area contributed by atoms with Gasteiger partial charge >= 0.3 is 24.4 Å².